The zero-order valence-corrected chi connectivity index (χ0v) is 14.4. The van der Waals surface area contributed by atoms with E-state index in [1.54, 1.807) is 19.0 Å². The van der Waals surface area contributed by atoms with Crippen molar-refractivity contribution < 1.29 is 9.59 Å². The van der Waals surface area contributed by atoms with Gasteiger partial charge < -0.3 is 10.6 Å². The molecule has 1 aromatic heterocycles. The first-order valence-electron chi connectivity index (χ1n) is 7.70. The number of likely N-dealkylation sites (N-methyl/N-ethyl adjacent to an activating group) is 1. The third kappa shape index (κ3) is 2.99. The van der Waals surface area contributed by atoms with Crippen LogP contribution in [0.3, 0.4) is 0 Å². The number of rotatable bonds is 4. The van der Waals surface area contributed by atoms with Gasteiger partial charge in [-0.1, -0.05) is 0 Å². The molecule has 0 spiro atoms. The maximum absolute atomic E-state index is 12.6. The fourth-order valence-electron chi connectivity index (χ4n) is 2.98. The topological polar surface area (TPSA) is 111 Å². The van der Waals surface area contributed by atoms with Crippen LogP contribution in [0.25, 0.3) is 0 Å². The summed E-state index contributed by atoms with van der Waals surface area (Å²) in [5.74, 6) is -0.702. The Kier molecular flexibility index (Phi) is 4.93. The number of aromatic nitrogens is 2. The SMILES string of the molecule is CN(C)C(=O)[C@@H]1CCCN1CC(=O)c1c(N)n(C)c(=O)n(C)c1=O. The number of amides is 1. The van der Waals surface area contributed by atoms with Gasteiger partial charge in [-0.25, -0.2) is 4.79 Å². The number of hydrogen-bond donors (Lipinski definition) is 1. The molecule has 1 saturated heterocycles. The summed E-state index contributed by atoms with van der Waals surface area (Å²) in [7, 11) is 6.04. The highest BCUT2D eigenvalue weighted by atomic mass is 16.2. The first-order valence-corrected chi connectivity index (χ1v) is 7.70. The van der Waals surface area contributed by atoms with Gasteiger partial charge in [0, 0.05) is 28.2 Å². The minimum absolute atomic E-state index is 0.0679. The molecule has 0 aromatic carbocycles. The van der Waals surface area contributed by atoms with Crippen LogP contribution in [0.5, 0.6) is 0 Å². The molecule has 9 nitrogen and oxygen atoms in total. The van der Waals surface area contributed by atoms with Gasteiger partial charge in [-0.15, -0.1) is 0 Å². The average molecular weight is 337 g/mol. The standard InChI is InChI=1S/C15H23N5O4/c1-17(2)13(22)9-6-5-7-20(9)8-10(21)11-12(16)18(3)15(24)19(4)14(11)23/h9H,5-8,16H2,1-4H3/t9-/m0/s1. The van der Waals surface area contributed by atoms with E-state index in [0.717, 1.165) is 15.6 Å². The monoisotopic (exact) mass is 337 g/mol. The van der Waals surface area contributed by atoms with E-state index in [2.05, 4.69) is 0 Å². The average Bonchev–Trinajstić information content (AvgIpc) is 2.98. The molecule has 0 radical (unpaired) electrons. The fraction of sp³-hybridized carbons (Fsp3) is 0.600. The molecule has 1 aliphatic heterocycles. The molecule has 1 atom stereocenters. The lowest BCUT2D eigenvalue weighted by molar-refractivity contribution is -0.133. The number of carbonyl (C=O) groups excluding carboxylic acids is 2. The Bertz CT molecular complexity index is 792. The molecule has 0 bridgehead atoms. The molecule has 1 amide bonds. The fourth-order valence-corrected chi connectivity index (χ4v) is 2.98. The van der Waals surface area contributed by atoms with E-state index < -0.39 is 17.0 Å². The molecule has 0 aliphatic carbocycles. The predicted molar refractivity (Wildman–Crippen MR) is 89.0 cm³/mol. The van der Waals surface area contributed by atoms with Crippen LogP contribution >= 0.6 is 0 Å². The molecule has 24 heavy (non-hydrogen) atoms. The third-order valence-electron chi connectivity index (χ3n) is 4.42. The minimum Gasteiger partial charge on any atom is -0.384 e. The van der Waals surface area contributed by atoms with Crippen LogP contribution in [0.1, 0.15) is 23.2 Å². The van der Waals surface area contributed by atoms with Gasteiger partial charge in [0.05, 0.1) is 12.6 Å². The van der Waals surface area contributed by atoms with Crippen LogP contribution in [0.15, 0.2) is 9.59 Å². The molecule has 2 rings (SSSR count). The van der Waals surface area contributed by atoms with E-state index in [1.165, 1.54) is 19.0 Å². The Morgan fingerprint density at radius 2 is 1.83 bits per heavy atom. The van der Waals surface area contributed by atoms with Gasteiger partial charge in [0.1, 0.15) is 11.4 Å². The maximum atomic E-state index is 12.6. The Balaban J connectivity index is 2.33. The number of ketones is 1. The zero-order chi connectivity index (χ0) is 18.2. The number of nitrogen functional groups attached to an aromatic ring is 1. The van der Waals surface area contributed by atoms with Crippen LogP contribution < -0.4 is 17.0 Å². The molecule has 1 aliphatic rings. The third-order valence-corrected chi connectivity index (χ3v) is 4.42. The first-order chi connectivity index (χ1) is 11.2. The number of likely N-dealkylation sites (tertiary alicyclic amines) is 1. The first kappa shape index (κ1) is 17.9. The second kappa shape index (κ2) is 6.60. The van der Waals surface area contributed by atoms with Crippen molar-refractivity contribution in [3.8, 4) is 0 Å². The predicted octanol–water partition coefficient (Wildman–Crippen LogP) is -1.60. The van der Waals surface area contributed by atoms with Gasteiger partial charge in [-0.3, -0.25) is 28.4 Å². The van der Waals surface area contributed by atoms with Crippen molar-refractivity contribution in [3.05, 3.63) is 26.4 Å². The maximum Gasteiger partial charge on any atom is 0.332 e. The molecular formula is C15H23N5O4. The van der Waals surface area contributed by atoms with Gasteiger partial charge in [0.15, 0.2) is 5.78 Å². The van der Waals surface area contributed by atoms with Crippen LogP contribution in [-0.2, 0) is 18.9 Å². The van der Waals surface area contributed by atoms with Crippen LogP contribution in [0.2, 0.25) is 0 Å². The van der Waals surface area contributed by atoms with Crippen LogP contribution in [0, 0.1) is 0 Å². The summed E-state index contributed by atoms with van der Waals surface area (Å²) in [4.78, 5) is 52.1. The van der Waals surface area contributed by atoms with Gasteiger partial charge in [0.25, 0.3) is 5.56 Å². The van der Waals surface area contributed by atoms with Gasteiger partial charge >= 0.3 is 5.69 Å². The lowest BCUT2D eigenvalue weighted by atomic mass is 10.1. The molecule has 2 heterocycles. The zero-order valence-electron chi connectivity index (χ0n) is 14.4. The normalized spacial score (nSPS) is 17.9. The molecule has 9 heteroatoms. The van der Waals surface area contributed by atoms with Crippen molar-refractivity contribution in [1.82, 2.24) is 18.9 Å². The summed E-state index contributed by atoms with van der Waals surface area (Å²) < 4.78 is 1.93. The largest absolute Gasteiger partial charge is 0.384 e. The van der Waals surface area contributed by atoms with Gasteiger partial charge in [-0.05, 0) is 19.4 Å². The summed E-state index contributed by atoms with van der Waals surface area (Å²) in [6.45, 7) is 0.518. The number of nitrogens with two attached hydrogens (primary N) is 1. The number of nitrogens with zero attached hydrogens (tertiary/aromatic N) is 4. The number of Topliss-reactive ketones (excluding diaryl/α,β-unsaturated/α-hetero) is 1. The second-order valence-electron chi connectivity index (χ2n) is 6.25. The summed E-state index contributed by atoms with van der Waals surface area (Å²) in [5.41, 5.74) is 4.30. The van der Waals surface area contributed by atoms with E-state index in [0.29, 0.717) is 13.0 Å². The van der Waals surface area contributed by atoms with Crippen LogP contribution in [0.4, 0.5) is 5.82 Å². The van der Waals surface area contributed by atoms with E-state index in [1.807, 2.05) is 0 Å². The summed E-state index contributed by atoms with van der Waals surface area (Å²) in [6.07, 6.45) is 1.48. The highest BCUT2D eigenvalue weighted by molar-refractivity contribution is 6.01. The van der Waals surface area contributed by atoms with Gasteiger partial charge in [0.2, 0.25) is 5.91 Å². The summed E-state index contributed by atoms with van der Waals surface area (Å²) in [5, 5.41) is 0. The molecule has 132 valence electrons. The number of anilines is 1. The van der Waals surface area contributed by atoms with E-state index in [4.69, 9.17) is 5.73 Å². The molecule has 1 fully saturated rings. The highest BCUT2D eigenvalue weighted by Gasteiger charge is 2.34. The molecule has 1 aromatic rings. The van der Waals surface area contributed by atoms with Gasteiger partial charge in [-0.2, -0.15) is 0 Å². The molecule has 0 unspecified atom stereocenters. The van der Waals surface area contributed by atoms with Crippen molar-refractivity contribution in [2.24, 2.45) is 14.1 Å². The smallest absolute Gasteiger partial charge is 0.332 e. The van der Waals surface area contributed by atoms with E-state index in [9.17, 15) is 19.2 Å². The van der Waals surface area contributed by atoms with E-state index in [-0.39, 0.29) is 29.9 Å². The van der Waals surface area contributed by atoms with E-state index >= 15 is 0 Å². The van der Waals surface area contributed by atoms with Crippen molar-refractivity contribution in [2.75, 3.05) is 32.9 Å². The summed E-state index contributed by atoms with van der Waals surface area (Å²) >= 11 is 0. The Hall–Kier alpha value is -2.42. The molecule has 2 N–H and O–H groups in total. The van der Waals surface area contributed by atoms with Crippen molar-refractivity contribution >= 4 is 17.5 Å². The molecule has 0 saturated carbocycles. The van der Waals surface area contributed by atoms with Crippen LogP contribution in [-0.4, -0.2) is 63.9 Å². The molecular weight excluding hydrogens is 314 g/mol. The Morgan fingerprint density at radius 3 is 2.42 bits per heavy atom. The quantitative estimate of drug-likeness (QED) is 0.663. The minimum atomic E-state index is -0.713. The Morgan fingerprint density at radius 1 is 1.21 bits per heavy atom. The summed E-state index contributed by atoms with van der Waals surface area (Å²) in [6, 6.07) is -0.374. The lowest BCUT2D eigenvalue weighted by Gasteiger charge is -2.25. The number of carbonyl (C=O) groups is 2. The Labute approximate surface area is 139 Å². The van der Waals surface area contributed by atoms with Crippen molar-refractivity contribution in [1.29, 1.82) is 0 Å². The highest BCUT2D eigenvalue weighted by Crippen LogP contribution is 2.19. The van der Waals surface area contributed by atoms with Crippen molar-refractivity contribution in [3.63, 3.8) is 0 Å². The second-order valence-corrected chi connectivity index (χ2v) is 6.25. The lowest BCUT2D eigenvalue weighted by Crippen LogP contribution is -2.47. The number of hydrogen-bond acceptors (Lipinski definition) is 6. The van der Waals surface area contributed by atoms with Crippen molar-refractivity contribution in [2.45, 2.75) is 18.9 Å².